The van der Waals surface area contributed by atoms with E-state index in [4.69, 9.17) is 10.2 Å². The summed E-state index contributed by atoms with van der Waals surface area (Å²) in [6, 6.07) is 3.00. The lowest BCUT2D eigenvalue weighted by Crippen LogP contribution is -2.44. The normalized spacial score (nSPS) is 20.6. The fourth-order valence-corrected chi connectivity index (χ4v) is 2.19. The van der Waals surface area contributed by atoms with Crippen LogP contribution in [0.2, 0.25) is 0 Å². The van der Waals surface area contributed by atoms with E-state index in [1.165, 1.54) is 11.0 Å². The van der Waals surface area contributed by atoms with Crippen LogP contribution in [0.5, 0.6) is 0 Å². The highest BCUT2D eigenvalue weighted by Crippen LogP contribution is 2.33. The average molecular weight is 276 g/mol. The Morgan fingerprint density at radius 2 is 2.21 bits per heavy atom. The second-order valence-corrected chi connectivity index (χ2v) is 4.60. The first-order valence-electron chi connectivity index (χ1n) is 6.06. The highest BCUT2D eigenvalue weighted by Gasteiger charge is 2.43. The lowest BCUT2D eigenvalue weighted by molar-refractivity contribution is -0.184. The number of nitrogens with two attached hydrogens (primary N) is 1. The third kappa shape index (κ3) is 3.09. The molecule has 0 spiro atoms. The van der Waals surface area contributed by atoms with Crippen molar-refractivity contribution in [2.24, 2.45) is 11.7 Å². The minimum atomic E-state index is -4.26. The number of furan rings is 1. The zero-order valence-corrected chi connectivity index (χ0v) is 10.2. The van der Waals surface area contributed by atoms with Gasteiger partial charge in [0, 0.05) is 13.1 Å². The zero-order valence-electron chi connectivity index (χ0n) is 10.2. The largest absolute Gasteiger partial charge is 0.455 e. The lowest BCUT2D eigenvalue weighted by Gasteiger charge is -2.33. The first kappa shape index (κ1) is 13.9. The van der Waals surface area contributed by atoms with Crippen molar-refractivity contribution >= 4 is 5.91 Å². The molecule has 1 aliphatic heterocycles. The molecule has 0 aromatic carbocycles. The van der Waals surface area contributed by atoms with Crippen molar-refractivity contribution in [3.05, 3.63) is 23.7 Å². The minimum absolute atomic E-state index is 0.0447. The number of hydrogen-bond acceptors (Lipinski definition) is 3. The summed E-state index contributed by atoms with van der Waals surface area (Å²) in [5.74, 6) is -1.47. The van der Waals surface area contributed by atoms with E-state index in [0.29, 0.717) is 18.7 Å². The van der Waals surface area contributed by atoms with Crippen LogP contribution in [0.3, 0.4) is 0 Å². The molecule has 1 saturated heterocycles. The molecule has 106 valence electrons. The maximum atomic E-state index is 12.7. The molecule has 1 fully saturated rings. The molecule has 1 atom stereocenters. The molecule has 1 aromatic rings. The number of halogens is 3. The fraction of sp³-hybridized carbons (Fsp3) is 0.583. The Kier molecular flexibility index (Phi) is 3.84. The highest BCUT2D eigenvalue weighted by molar-refractivity contribution is 5.91. The topological polar surface area (TPSA) is 59.5 Å². The van der Waals surface area contributed by atoms with Crippen LogP contribution in [-0.4, -0.2) is 30.1 Å². The molecule has 0 aliphatic carbocycles. The summed E-state index contributed by atoms with van der Waals surface area (Å²) in [6.45, 7) is 0.170. The van der Waals surface area contributed by atoms with Crippen LogP contribution in [-0.2, 0) is 6.54 Å². The van der Waals surface area contributed by atoms with Gasteiger partial charge in [-0.1, -0.05) is 0 Å². The van der Waals surface area contributed by atoms with E-state index in [2.05, 4.69) is 0 Å². The Bertz CT molecular complexity index is 456. The van der Waals surface area contributed by atoms with Crippen LogP contribution in [0.25, 0.3) is 0 Å². The number of amides is 1. The molecular formula is C12H15F3N2O2. The summed E-state index contributed by atoms with van der Waals surface area (Å²) in [6.07, 6.45) is -3.84. The van der Waals surface area contributed by atoms with Gasteiger partial charge in [-0.15, -0.1) is 0 Å². The Morgan fingerprint density at radius 1 is 1.47 bits per heavy atom. The van der Waals surface area contributed by atoms with Gasteiger partial charge in [0.15, 0.2) is 5.76 Å². The van der Waals surface area contributed by atoms with Gasteiger partial charge in [-0.3, -0.25) is 4.79 Å². The molecule has 19 heavy (non-hydrogen) atoms. The molecule has 1 aliphatic rings. The molecule has 2 N–H and O–H groups in total. The van der Waals surface area contributed by atoms with Gasteiger partial charge in [-0.05, 0) is 25.0 Å². The van der Waals surface area contributed by atoms with Gasteiger partial charge in [0.1, 0.15) is 5.76 Å². The Hall–Kier alpha value is -1.50. The molecule has 2 rings (SSSR count). The van der Waals surface area contributed by atoms with Gasteiger partial charge >= 0.3 is 6.18 Å². The number of carbonyl (C=O) groups is 1. The molecule has 7 heteroatoms. The minimum Gasteiger partial charge on any atom is -0.455 e. The van der Waals surface area contributed by atoms with E-state index in [0.717, 1.165) is 0 Å². The van der Waals surface area contributed by atoms with Crippen LogP contribution < -0.4 is 5.73 Å². The predicted molar refractivity (Wildman–Crippen MR) is 61.3 cm³/mol. The first-order chi connectivity index (χ1) is 8.91. The first-order valence-corrected chi connectivity index (χ1v) is 6.06. The summed E-state index contributed by atoms with van der Waals surface area (Å²) < 4.78 is 43.2. The molecule has 0 unspecified atom stereocenters. The molecular weight excluding hydrogens is 261 g/mol. The predicted octanol–water partition coefficient (Wildman–Crippen LogP) is 2.15. The summed E-state index contributed by atoms with van der Waals surface area (Å²) in [7, 11) is 0. The smallest absolute Gasteiger partial charge is 0.393 e. The van der Waals surface area contributed by atoms with Gasteiger partial charge in [0.25, 0.3) is 5.91 Å². The van der Waals surface area contributed by atoms with E-state index >= 15 is 0 Å². The SMILES string of the molecule is NCc1ccc(C(=O)N2CCC[C@H](C(F)(F)F)C2)o1. The Labute approximate surface area is 108 Å². The molecule has 2 heterocycles. The Morgan fingerprint density at radius 3 is 2.79 bits per heavy atom. The van der Waals surface area contributed by atoms with E-state index < -0.39 is 18.0 Å². The van der Waals surface area contributed by atoms with Gasteiger partial charge < -0.3 is 15.1 Å². The van der Waals surface area contributed by atoms with Crippen molar-refractivity contribution in [3.63, 3.8) is 0 Å². The van der Waals surface area contributed by atoms with Crippen LogP contribution >= 0.6 is 0 Å². The van der Waals surface area contributed by atoms with Gasteiger partial charge in [0.2, 0.25) is 0 Å². The number of hydrogen-bond donors (Lipinski definition) is 1. The summed E-state index contributed by atoms with van der Waals surface area (Å²) in [5, 5.41) is 0. The molecule has 1 aromatic heterocycles. The summed E-state index contributed by atoms with van der Waals surface area (Å²) in [5.41, 5.74) is 5.35. The van der Waals surface area contributed by atoms with Gasteiger partial charge in [-0.25, -0.2) is 0 Å². The lowest BCUT2D eigenvalue weighted by atomic mass is 9.97. The average Bonchev–Trinajstić information content (AvgIpc) is 2.86. The molecule has 0 radical (unpaired) electrons. The fourth-order valence-electron chi connectivity index (χ4n) is 2.19. The number of rotatable bonds is 2. The molecule has 1 amide bonds. The summed E-state index contributed by atoms with van der Waals surface area (Å²) in [4.78, 5) is 13.2. The van der Waals surface area contributed by atoms with E-state index in [-0.39, 0.29) is 25.3 Å². The second-order valence-electron chi connectivity index (χ2n) is 4.60. The highest BCUT2D eigenvalue weighted by atomic mass is 19.4. The number of alkyl halides is 3. The number of carbonyl (C=O) groups excluding carboxylic acids is 1. The van der Waals surface area contributed by atoms with E-state index in [1.807, 2.05) is 0 Å². The molecule has 0 saturated carbocycles. The number of likely N-dealkylation sites (tertiary alicyclic amines) is 1. The molecule has 4 nitrogen and oxygen atoms in total. The quantitative estimate of drug-likeness (QED) is 0.900. The molecule has 0 bridgehead atoms. The number of piperidine rings is 1. The zero-order chi connectivity index (χ0) is 14.0. The monoisotopic (exact) mass is 276 g/mol. The van der Waals surface area contributed by atoms with Crippen LogP contribution in [0.4, 0.5) is 13.2 Å². The maximum Gasteiger partial charge on any atom is 0.393 e. The standard InChI is InChI=1S/C12H15F3N2O2/c13-12(14,15)8-2-1-5-17(7-8)11(18)10-4-3-9(6-16)19-10/h3-4,8H,1-2,5-7,16H2/t8-/m0/s1. The summed E-state index contributed by atoms with van der Waals surface area (Å²) >= 11 is 0. The van der Waals surface area contributed by atoms with Crippen molar-refractivity contribution in [3.8, 4) is 0 Å². The van der Waals surface area contributed by atoms with Crippen LogP contribution in [0.1, 0.15) is 29.2 Å². The van der Waals surface area contributed by atoms with E-state index in [9.17, 15) is 18.0 Å². The van der Waals surface area contributed by atoms with Crippen LogP contribution in [0, 0.1) is 5.92 Å². The second kappa shape index (κ2) is 5.24. The Balaban J connectivity index is 2.07. The third-order valence-corrected chi connectivity index (χ3v) is 3.25. The van der Waals surface area contributed by atoms with Gasteiger partial charge in [-0.2, -0.15) is 13.2 Å². The van der Waals surface area contributed by atoms with Crippen molar-refractivity contribution in [1.82, 2.24) is 4.90 Å². The van der Waals surface area contributed by atoms with Crippen molar-refractivity contribution < 1.29 is 22.4 Å². The maximum absolute atomic E-state index is 12.7. The van der Waals surface area contributed by atoms with E-state index in [1.54, 1.807) is 6.07 Å². The van der Waals surface area contributed by atoms with Crippen LogP contribution in [0.15, 0.2) is 16.5 Å². The van der Waals surface area contributed by atoms with Crippen molar-refractivity contribution in [2.45, 2.75) is 25.6 Å². The van der Waals surface area contributed by atoms with Crippen molar-refractivity contribution in [1.29, 1.82) is 0 Å². The number of nitrogens with zero attached hydrogens (tertiary/aromatic N) is 1. The van der Waals surface area contributed by atoms with Gasteiger partial charge in [0.05, 0.1) is 12.5 Å². The third-order valence-electron chi connectivity index (χ3n) is 3.25. The van der Waals surface area contributed by atoms with Crippen molar-refractivity contribution in [2.75, 3.05) is 13.1 Å².